The topological polar surface area (TPSA) is 38.2 Å². The van der Waals surface area contributed by atoms with Gasteiger partial charge in [0.25, 0.3) is 0 Å². The summed E-state index contributed by atoms with van der Waals surface area (Å²) >= 11 is 0. The Hall–Kier alpha value is -0.0800. The zero-order chi connectivity index (χ0) is 23.6. The van der Waals surface area contributed by atoms with Gasteiger partial charge in [-0.1, -0.05) is 120 Å². The molecule has 2 nitrogen and oxygen atoms in total. The van der Waals surface area contributed by atoms with Gasteiger partial charge in [0.2, 0.25) is 0 Å². The highest BCUT2D eigenvalue weighted by Crippen LogP contribution is 2.20. The molecule has 0 aromatic rings. The molecule has 0 bridgehead atoms. The van der Waals surface area contributed by atoms with Gasteiger partial charge in [0.1, 0.15) is 0 Å². The fourth-order valence-electron chi connectivity index (χ4n) is 4.60. The molecule has 0 radical (unpaired) electrons. The molecule has 0 saturated heterocycles. The van der Waals surface area contributed by atoms with Gasteiger partial charge in [-0.3, -0.25) is 0 Å². The van der Waals surface area contributed by atoms with E-state index in [9.17, 15) is 0 Å². The first kappa shape index (κ1) is 34.1. The number of rotatable bonds is 21. The van der Waals surface area contributed by atoms with E-state index in [2.05, 4.69) is 67.2 Å². The highest BCUT2D eigenvalue weighted by molar-refractivity contribution is 4.67. The summed E-state index contributed by atoms with van der Waals surface area (Å²) in [4.78, 5) is 2.83. The molecule has 0 rings (SSSR count). The number of nitrogens with zero attached hydrogens (tertiary/aromatic N) is 1. The molecule has 0 aliphatic carbocycles. The van der Waals surface area contributed by atoms with E-state index >= 15 is 0 Å². The van der Waals surface area contributed by atoms with Crippen molar-refractivity contribution in [2.75, 3.05) is 19.6 Å². The van der Waals surface area contributed by atoms with E-state index < -0.39 is 0 Å². The normalized spacial score (nSPS) is 14.9. The van der Waals surface area contributed by atoms with Gasteiger partial charge >= 0.3 is 0 Å². The van der Waals surface area contributed by atoms with E-state index in [4.69, 9.17) is 0 Å². The van der Waals surface area contributed by atoms with E-state index in [0.717, 1.165) is 35.5 Å². The molecule has 0 aromatic carbocycles. The first-order valence-corrected chi connectivity index (χ1v) is 14.3. The molecule has 0 aliphatic heterocycles. The smallest absolute Gasteiger partial charge is 0.00162 e. The van der Waals surface area contributed by atoms with Gasteiger partial charge in [-0.05, 0) is 74.4 Å². The molecule has 0 fully saturated rings. The molecule has 0 heterocycles. The summed E-state index contributed by atoms with van der Waals surface area (Å²) < 4.78 is 0. The van der Waals surface area contributed by atoms with Crippen molar-refractivity contribution in [1.82, 2.24) is 11.1 Å². The van der Waals surface area contributed by atoms with E-state index in [1.807, 2.05) is 0 Å². The van der Waals surface area contributed by atoms with Crippen molar-refractivity contribution < 1.29 is 0 Å². The molecule has 32 heavy (non-hydrogen) atoms. The van der Waals surface area contributed by atoms with Crippen LogP contribution in [0.4, 0.5) is 0 Å². The Kier molecular flexibility index (Phi) is 22.9. The average Bonchev–Trinajstić information content (AvgIpc) is 2.66. The summed E-state index contributed by atoms with van der Waals surface area (Å²) in [6.45, 7) is 25.6. The van der Waals surface area contributed by atoms with Crippen LogP contribution in [0.5, 0.6) is 0 Å². The average molecular weight is 455 g/mol. The van der Waals surface area contributed by atoms with Gasteiger partial charge < -0.3 is 11.1 Å². The molecule has 3 N–H and O–H groups in total. The molecular weight excluding hydrogens is 388 g/mol. The van der Waals surface area contributed by atoms with Gasteiger partial charge in [0, 0.05) is 0 Å². The van der Waals surface area contributed by atoms with Crippen LogP contribution in [0.25, 0.3) is 0 Å². The minimum absolute atomic E-state index is 0. The minimum Gasteiger partial charge on any atom is -0.344 e. The monoisotopic (exact) mass is 455 g/mol. The third-order valence-corrected chi connectivity index (χ3v) is 7.25. The Bertz CT molecular complexity index is 320. The Balaban J connectivity index is 0. The summed E-state index contributed by atoms with van der Waals surface area (Å²) in [5, 5.41) is 0. The van der Waals surface area contributed by atoms with Gasteiger partial charge in [-0.25, -0.2) is 0 Å². The maximum absolute atomic E-state index is 2.83. The fraction of sp³-hybridized carbons (Fsp3) is 1.00. The lowest BCUT2D eigenvalue weighted by Gasteiger charge is -2.27. The van der Waals surface area contributed by atoms with E-state index in [0.29, 0.717) is 0 Å². The molecule has 0 saturated carbocycles. The van der Waals surface area contributed by atoms with Crippen molar-refractivity contribution in [3.8, 4) is 0 Å². The summed E-state index contributed by atoms with van der Waals surface area (Å²) in [7, 11) is 0. The number of hydrogen-bond acceptors (Lipinski definition) is 2. The quantitative estimate of drug-likeness (QED) is 0.187. The van der Waals surface area contributed by atoms with Gasteiger partial charge in [-0.2, -0.15) is 0 Å². The van der Waals surface area contributed by atoms with E-state index in [1.165, 1.54) is 96.7 Å². The lowest BCUT2D eigenvalue weighted by atomic mass is 9.95. The third kappa shape index (κ3) is 23.1. The zero-order valence-electron chi connectivity index (χ0n) is 24.2. The summed E-state index contributed by atoms with van der Waals surface area (Å²) in [6.07, 6.45) is 16.9. The SMILES string of the molecule is CC(C)CCCC(C)CCN(CCC(C)CCCC(C)C)CCC(C)CCCC(C)C.N. The third-order valence-electron chi connectivity index (χ3n) is 7.25. The van der Waals surface area contributed by atoms with Crippen molar-refractivity contribution in [2.45, 2.75) is 139 Å². The molecule has 0 aliphatic rings. The standard InChI is InChI=1S/C30H63N.H3N/c1-25(2)13-10-16-28(7)19-22-31(23-20-29(8)17-11-14-26(3)4)24-21-30(9)18-12-15-27(5)6;/h25-30H,10-24H2,1-9H3;1H3. The van der Waals surface area contributed by atoms with Crippen molar-refractivity contribution in [1.29, 1.82) is 0 Å². The first-order valence-electron chi connectivity index (χ1n) is 14.3. The zero-order valence-corrected chi connectivity index (χ0v) is 24.2. The van der Waals surface area contributed by atoms with Crippen molar-refractivity contribution >= 4 is 0 Å². The fourth-order valence-corrected chi connectivity index (χ4v) is 4.60. The molecule has 0 spiro atoms. The van der Waals surface area contributed by atoms with E-state index in [1.54, 1.807) is 0 Å². The Labute approximate surface area is 205 Å². The Morgan fingerprint density at radius 1 is 0.375 bits per heavy atom. The Morgan fingerprint density at radius 3 is 0.844 bits per heavy atom. The van der Waals surface area contributed by atoms with Gasteiger partial charge in [0.05, 0.1) is 0 Å². The number of hydrogen-bond donors (Lipinski definition) is 1. The second kappa shape index (κ2) is 21.5. The first-order chi connectivity index (χ1) is 14.6. The highest BCUT2D eigenvalue weighted by atomic mass is 15.1. The summed E-state index contributed by atoms with van der Waals surface area (Å²) in [5.74, 6) is 5.23. The molecule has 0 aromatic heterocycles. The molecule has 3 atom stereocenters. The summed E-state index contributed by atoms with van der Waals surface area (Å²) in [6, 6.07) is 0. The van der Waals surface area contributed by atoms with Crippen molar-refractivity contribution in [3.63, 3.8) is 0 Å². The second-order valence-corrected chi connectivity index (χ2v) is 12.5. The maximum atomic E-state index is 2.83. The highest BCUT2D eigenvalue weighted by Gasteiger charge is 2.13. The predicted molar refractivity (Wildman–Crippen MR) is 149 cm³/mol. The van der Waals surface area contributed by atoms with Crippen LogP contribution in [0.15, 0.2) is 0 Å². The van der Waals surface area contributed by atoms with Gasteiger partial charge in [-0.15, -0.1) is 0 Å². The second-order valence-electron chi connectivity index (χ2n) is 12.5. The summed E-state index contributed by atoms with van der Waals surface area (Å²) in [5.41, 5.74) is 0. The van der Waals surface area contributed by atoms with Crippen LogP contribution >= 0.6 is 0 Å². The Morgan fingerprint density at radius 2 is 0.625 bits per heavy atom. The van der Waals surface area contributed by atoms with Crippen LogP contribution in [-0.2, 0) is 0 Å². The molecule has 3 unspecified atom stereocenters. The molecular formula is C30H66N2. The predicted octanol–water partition coefficient (Wildman–Crippen LogP) is 10.0. The molecule has 0 amide bonds. The molecule has 2 heteroatoms. The van der Waals surface area contributed by atoms with Crippen LogP contribution in [0, 0.1) is 35.5 Å². The van der Waals surface area contributed by atoms with Crippen LogP contribution in [0.2, 0.25) is 0 Å². The minimum atomic E-state index is 0. The molecule has 196 valence electrons. The largest absolute Gasteiger partial charge is 0.344 e. The van der Waals surface area contributed by atoms with Gasteiger partial charge in [0.15, 0.2) is 0 Å². The van der Waals surface area contributed by atoms with E-state index in [-0.39, 0.29) is 6.15 Å². The van der Waals surface area contributed by atoms with Crippen LogP contribution in [-0.4, -0.2) is 24.5 Å². The van der Waals surface area contributed by atoms with Crippen LogP contribution in [0.1, 0.15) is 139 Å². The van der Waals surface area contributed by atoms with Crippen LogP contribution in [0.3, 0.4) is 0 Å². The van der Waals surface area contributed by atoms with Crippen LogP contribution < -0.4 is 6.15 Å². The lowest BCUT2D eigenvalue weighted by Crippen LogP contribution is -2.30. The van der Waals surface area contributed by atoms with Crippen molar-refractivity contribution in [2.24, 2.45) is 35.5 Å². The maximum Gasteiger partial charge on any atom is -0.00162 e. The van der Waals surface area contributed by atoms with Crippen molar-refractivity contribution in [3.05, 3.63) is 0 Å². The lowest BCUT2D eigenvalue weighted by molar-refractivity contribution is 0.216.